The summed E-state index contributed by atoms with van der Waals surface area (Å²) in [5.41, 5.74) is 0. The Labute approximate surface area is 142 Å². The molecule has 0 aliphatic rings. The standard InChI is InChI=1S/C11H16Br2N2O4S2/c1-2-20(16,17)14-6-3-7-15-21(18,19)11-8-9(12)4-5-10(11)13/h4-5,8,14-15H,2-3,6-7H2,1H3. The Hall–Kier alpha value is -0.000000000000000111. The maximum Gasteiger partial charge on any atom is 0.241 e. The van der Waals surface area contributed by atoms with E-state index in [1.807, 2.05) is 0 Å². The average Bonchev–Trinajstić information content (AvgIpc) is 2.41. The predicted octanol–water partition coefficient (Wildman–Crippen LogP) is 1.82. The molecular formula is C11H16Br2N2O4S2. The van der Waals surface area contributed by atoms with Crippen molar-refractivity contribution in [3.63, 3.8) is 0 Å². The van der Waals surface area contributed by atoms with Gasteiger partial charge in [-0.2, -0.15) is 0 Å². The minimum absolute atomic E-state index is 0.00369. The number of benzene rings is 1. The van der Waals surface area contributed by atoms with Crippen molar-refractivity contribution in [1.82, 2.24) is 9.44 Å². The van der Waals surface area contributed by atoms with Gasteiger partial charge in [-0.3, -0.25) is 0 Å². The van der Waals surface area contributed by atoms with Gasteiger partial charge in [-0.15, -0.1) is 0 Å². The van der Waals surface area contributed by atoms with Crippen molar-refractivity contribution in [1.29, 1.82) is 0 Å². The van der Waals surface area contributed by atoms with Gasteiger partial charge in [0.05, 0.1) is 10.6 Å². The maximum absolute atomic E-state index is 12.1. The largest absolute Gasteiger partial charge is 0.241 e. The molecule has 0 bridgehead atoms. The van der Waals surface area contributed by atoms with Gasteiger partial charge in [0.15, 0.2) is 0 Å². The Morgan fingerprint density at radius 2 is 1.67 bits per heavy atom. The van der Waals surface area contributed by atoms with E-state index < -0.39 is 20.0 Å². The summed E-state index contributed by atoms with van der Waals surface area (Å²) < 4.78 is 52.6. The normalized spacial score (nSPS) is 12.5. The number of hydrogen-bond donors (Lipinski definition) is 2. The molecule has 0 fully saturated rings. The lowest BCUT2D eigenvalue weighted by atomic mass is 10.4. The second-order valence-corrected chi connectivity index (χ2v) is 9.72. The molecule has 6 nitrogen and oxygen atoms in total. The van der Waals surface area contributed by atoms with Gasteiger partial charge in [0.1, 0.15) is 0 Å². The number of hydrogen-bond acceptors (Lipinski definition) is 4. The molecule has 0 unspecified atom stereocenters. The summed E-state index contributed by atoms with van der Waals surface area (Å²) in [7, 11) is -6.88. The van der Waals surface area contributed by atoms with E-state index in [2.05, 4.69) is 41.3 Å². The summed E-state index contributed by atoms with van der Waals surface area (Å²) in [5, 5.41) is 0. The van der Waals surface area contributed by atoms with Crippen molar-refractivity contribution in [3.05, 3.63) is 27.1 Å². The van der Waals surface area contributed by atoms with E-state index in [-0.39, 0.29) is 23.7 Å². The highest BCUT2D eigenvalue weighted by Crippen LogP contribution is 2.25. The molecule has 0 spiro atoms. The first kappa shape index (κ1) is 19.0. The van der Waals surface area contributed by atoms with Crippen LogP contribution in [0.2, 0.25) is 0 Å². The van der Waals surface area contributed by atoms with Crippen LogP contribution in [0.4, 0.5) is 0 Å². The van der Waals surface area contributed by atoms with Crippen molar-refractivity contribution >= 4 is 51.9 Å². The highest BCUT2D eigenvalue weighted by atomic mass is 79.9. The summed E-state index contributed by atoms with van der Waals surface area (Å²) in [6.07, 6.45) is 0.365. The zero-order valence-electron chi connectivity index (χ0n) is 11.3. The van der Waals surface area contributed by atoms with Crippen LogP contribution in [-0.2, 0) is 20.0 Å². The lowest BCUT2D eigenvalue weighted by Gasteiger charge is -2.09. The molecule has 21 heavy (non-hydrogen) atoms. The lowest BCUT2D eigenvalue weighted by Crippen LogP contribution is -2.30. The Balaban J connectivity index is 2.57. The zero-order valence-corrected chi connectivity index (χ0v) is 16.1. The fourth-order valence-electron chi connectivity index (χ4n) is 1.39. The minimum Gasteiger partial charge on any atom is -0.215 e. The van der Waals surface area contributed by atoms with Gasteiger partial charge in [-0.25, -0.2) is 26.3 Å². The van der Waals surface area contributed by atoms with Crippen molar-refractivity contribution in [3.8, 4) is 0 Å². The second-order valence-electron chi connectivity index (χ2n) is 4.12. The molecule has 0 saturated carbocycles. The fraction of sp³-hybridized carbons (Fsp3) is 0.455. The van der Waals surface area contributed by atoms with Crippen LogP contribution in [-0.4, -0.2) is 35.7 Å². The van der Waals surface area contributed by atoms with Crippen LogP contribution in [0.15, 0.2) is 32.0 Å². The molecule has 0 aromatic heterocycles. The molecule has 0 aliphatic carbocycles. The van der Waals surface area contributed by atoms with Gasteiger partial charge in [-0.05, 0) is 47.5 Å². The Morgan fingerprint density at radius 3 is 2.29 bits per heavy atom. The second kappa shape index (κ2) is 8.02. The van der Waals surface area contributed by atoms with Crippen LogP contribution in [0.25, 0.3) is 0 Å². The third-order valence-corrected chi connectivity index (χ3v) is 6.88. The van der Waals surface area contributed by atoms with Gasteiger partial charge < -0.3 is 0 Å². The SMILES string of the molecule is CCS(=O)(=O)NCCCNS(=O)(=O)c1cc(Br)ccc1Br. The topological polar surface area (TPSA) is 92.3 Å². The molecule has 120 valence electrons. The van der Waals surface area contributed by atoms with Gasteiger partial charge in [-0.1, -0.05) is 15.9 Å². The molecule has 0 atom stereocenters. The van der Waals surface area contributed by atoms with Gasteiger partial charge in [0.2, 0.25) is 20.0 Å². The fourth-order valence-corrected chi connectivity index (χ4v) is 4.62. The smallest absolute Gasteiger partial charge is 0.215 e. The molecule has 10 heteroatoms. The molecule has 0 amide bonds. The molecule has 0 aliphatic heterocycles. The van der Waals surface area contributed by atoms with Crippen LogP contribution >= 0.6 is 31.9 Å². The predicted molar refractivity (Wildman–Crippen MR) is 89.1 cm³/mol. The third kappa shape index (κ3) is 6.33. The van der Waals surface area contributed by atoms with E-state index in [0.29, 0.717) is 15.4 Å². The molecule has 1 aromatic carbocycles. The summed E-state index contributed by atoms with van der Waals surface area (Å²) >= 11 is 6.41. The molecule has 0 saturated heterocycles. The first-order chi connectivity index (χ1) is 9.68. The lowest BCUT2D eigenvalue weighted by molar-refractivity contribution is 0.572. The Kier molecular flexibility index (Phi) is 7.28. The molecular weight excluding hydrogens is 448 g/mol. The van der Waals surface area contributed by atoms with Gasteiger partial charge in [0.25, 0.3) is 0 Å². The molecule has 1 rings (SSSR count). The van der Waals surface area contributed by atoms with Gasteiger partial charge in [0, 0.05) is 22.0 Å². The summed E-state index contributed by atoms with van der Waals surface area (Å²) in [6, 6.07) is 4.85. The first-order valence-corrected chi connectivity index (χ1v) is 10.8. The first-order valence-electron chi connectivity index (χ1n) is 6.10. The van der Waals surface area contributed by atoms with Gasteiger partial charge >= 0.3 is 0 Å². The summed E-state index contributed by atoms with van der Waals surface area (Å²) in [4.78, 5) is 0.131. The van der Waals surface area contributed by atoms with Crippen molar-refractivity contribution < 1.29 is 16.8 Å². The van der Waals surface area contributed by atoms with E-state index in [4.69, 9.17) is 0 Å². The van der Waals surface area contributed by atoms with Crippen molar-refractivity contribution in [2.75, 3.05) is 18.8 Å². The van der Waals surface area contributed by atoms with E-state index in [9.17, 15) is 16.8 Å². The van der Waals surface area contributed by atoms with Crippen LogP contribution in [0.5, 0.6) is 0 Å². The van der Waals surface area contributed by atoms with Crippen LogP contribution in [0.1, 0.15) is 13.3 Å². The van der Waals surface area contributed by atoms with E-state index in [0.717, 1.165) is 0 Å². The van der Waals surface area contributed by atoms with E-state index >= 15 is 0 Å². The number of nitrogens with one attached hydrogen (secondary N) is 2. The number of halogens is 2. The van der Waals surface area contributed by atoms with E-state index in [1.54, 1.807) is 12.1 Å². The molecule has 2 N–H and O–H groups in total. The molecule has 0 radical (unpaired) electrons. The zero-order chi connectivity index (χ0) is 16.1. The van der Waals surface area contributed by atoms with Crippen molar-refractivity contribution in [2.24, 2.45) is 0 Å². The van der Waals surface area contributed by atoms with E-state index in [1.165, 1.54) is 13.0 Å². The molecule has 1 aromatic rings. The quantitative estimate of drug-likeness (QED) is 0.575. The Morgan fingerprint density at radius 1 is 1.05 bits per heavy atom. The average molecular weight is 464 g/mol. The van der Waals surface area contributed by atoms with Crippen molar-refractivity contribution in [2.45, 2.75) is 18.2 Å². The Bertz CT molecular complexity index is 690. The highest BCUT2D eigenvalue weighted by Gasteiger charge is 2.17. The summed E-state index contributed by atoms with van der Waals surface area (Å²) in [5.74, 6) is 0.00369. The number of sulfonamides is 2. The maximum atomic E-state index is 12.1. The van der Waals surface area contributed by atoms with Crippen LogP contribution in [0.3, 0.4) is 0 Å². The summed E-state index contributed by atoms with van der Waals surface area (Å²) in [6.45, 7) is 1.88. The third-order valence-electron chi connectivity index (χ3n) is 2.53. The van der Waals surface area contributed by atoms with Crippen LogP contribution < -0.4 is 9.44 Å². The van der Waals surface area contributed by atoms with Crippen LogP contribution in [0, 0.1) is 0 Å². The number of rotatable bonds is 8. The molecule has 0 heterocycles. The highest BCUT2D eigenvalue weighted by molar-refractivity contribution is 9.11. The monoisotopic (exact) mass is 462 g/mol. The minimum atomic E-state index is -3.64.